The van der Waals surface area contributed by atoms with Crippen LogP contribution in [0.5, 0.6) is 0 Å². The summed E-state index contributed by atoms with van der Waals surface area (Å²) in [4.78, 5) is 0. The van der Waals surface area contributed by atoms with Crippen LogP contribution in [0.15, 0.2) is 0 Å². The zero-order valence-electron chi connectivity index (χ0n) is 6.85. The number of halogens is 1. The molecule has 2 nitrogen and oxygen atoms in total. The van der Waals surface area contributed by atoms with Gasteiger partial charge in [-0.05, 0) is 6.42 Å². The first-order valence-electron chi connectivity index (χ1n) is 3.89. The van der Waals surface area contributed by atoms with Crippen molar-refractivity contribution in [3.8, 4) is 0 Å². The van der Waals surface area contributed by atoms with E-state index < -0.39 is 9.84 Å². The molecule has 0 radical (unpaired) electrons. The van der Waals surface area contributed by atoms with Gasteiger partial charge >= 0.3 is 0 Å². The minimum atomic E-state index is -2.78. The maximum Gasteiger partial charge on any atom is 0.160 e. The van der Waals surface area contributed by atoms with E-state index in [-0.39, 0.29) is 4.66 Å². The molecular weight excluding hydrogens is 228 g/mol. The lowest BCUT2D eigenvalue weighted by atomic mass is 10.2. The summed E-state index contributed by atoms with van der Waals surface area (Å²) in [5.74, 6) is 0.332. The second-order valence-corrected chi connectivity index (χ2v) is 6.10. The van der Waals surface area contributed by atoms with E-state index in [4.69, 9.17) is 0 Å². The molecule has 0 N–H and O–H groups in total. The van der Waals surface area contributed by atoms with Crippen molar-refractivity contribution in [1.29, 1.82) is 0 Å². The maximum absolute atomic E-state index is 10.9. The molecule has 0 rings (SSSR count). The Labute approximate surface area is 77.4 Å². The second-order valence-electron chi connectivity index (χ2n) is 2.62. The second kappa shape index (κ2) is 6.00. The summed E-state index contributed by atoms with van der Waals surface area (Å²) >= 11 is 2.95. The molecule has 0 spiro atoms. The van der Waals surface area contributed by atoms with Crippen molar-refractivity contribution in [3.63, 3.8) is 0 Å². The van der Waals surface area contributed by atoms with Crippen LogP contribution in [-0.4, -0.2) is 18.8 Å². The Morgan fingerprint density at radius 2 is 1.82 bits per heavy atom. The van der Waals surface area contributed by atoms with Crippen LogP contribution >= 0.6 is 15.9 Å². The molecule has 0 aromatic carbocycles. The smallest absolute Gasteiger partial charge is 0.160 e. The van der Waals surface area contributed by atoms with Crippen molar-refractivity contribution >= 4 is 25.8 Å². The fraction of sp³-hybridized carbons (Fsp3) is 1.00. The Kier molecular flexibility index (Phi) is 6.24. The number of rotatable bonds is 6. The van der Waals surface area contributed by atoms with Gasteiger partial charge in [0.15, 0.2) is 9.84 Å². The molecule has 68 valence electrons. The van der Waals surface area contributed by atoms with E-state index in [1.807, 2.05) is 0 Å². The summed E-state index contributed by atoms with van der Waals surface area (Å²) < 4.78 is 21.9. The molecule has 4 heteroatoms. The third-order valence-corrected chi connectivity index (χ3v) is 4.81. The van der Waals surface area contributed by atoms with E-state index in [2.05, 4.69) is 22.9 Å². The molecule has 0 aliphatic rings. The predicted molar refractivity (Wildman–Crippen MR) is 51.7 cm³/mol. The van der Waals surface area contributed by atoms with Gasteiger partial charge < -0.3 is 0 Å². The Hall–Kier alpha value is 0.430. The topological polar surface area (TPSA) is 34.1 Å². The summed E-state index contributed by atoms with van der Waals surface area (Å²) in [6.45, 7) is 2.11. The Balaban J connectivity index is 3.39. The third kappa shape index (κ3) is 6.81. The van der Waals surface area contributed by atoms with Gasteiger partial charge in [0.25, 0.3) is 0 Å². The molecule has 0 amide bonds. The summed E-state index contributed by atoms with van der Waals surface area (Å²) in [6, 6.07) is 0. The Morgan fingerprint density at radius 3 is 2.27 bits per heavy atom. The molecule has 0 aromatic rings. The average molecular weight is 243 g/mol. The first kappa shape index (κ1) is 11.4. The Bertz CT molecular complexity index is 175. The van der Waals surface area contributed by atoms with Gasteiger partial charge in [-0.2, -0.15) is 0 Å². The molecule has 0 unspecified atom stereocenters. The van der Waals surface area contributed by atoms with Crippen molar-refractivity contribution in [3.05, 3.63) is 0 Å². The van der Waals surface area contributed by atoms with Crippen LogP contribution < -0.4 is 0 Å². The van der Waals surface area contributed by atoms with Gasteiger partial charge in [-0.1, -0.05) is 42.1 Å². The standard InChI is InChI=1S/C7H15BrO2S/c1-2-3-4-5-6-11(9,10)7-8/h2-7H2,1H3. The van der Waals surface area contributed by atoms with Crippen LogP contribution in [0.2, 0.25) is 0 Å². The molecule has 0 aromatic heterocycles. The molecule has 0 aliphatic heterocycles. The largest absolute Gasteiger partial charge is 0.228 e. The van der Waals surface area contributed by atoms with Crippen molar-refractivity contribution < 1.29 is 8.42 Å². The van der Waals surface area contributed by atoms with Crippen molar-refractivity contribution in [2.24, 2.45) is 0 Å². The number of hydrogen-bond donors (Lipinski definition) is 0. The van der Waals surface area contributed by atoms with Crippen molar-refractivity contribution in [2.75, 3.05) is 10.4 Å². The van der Waals surface area contributed by atoms with Gasteiger partial charge in [-0.3, -0.25) is 0 Å². The van der Waals surface area contributed by atoms with Gasteiger partial charge in [0.2, 0.25) is 0 Å². The quantitative estimate of drug-likeness (QED) is 0.530. The van der Waals surface area contributed by atoms with Crippen LogP contribution in [0.4, 0.5) is 0 Å². The zero-order valence-corrected chi connectivity index (χ0v) is 9.25. The minimum absolute atomic E-state index is 0.103. The first-order chi connectivity index (χ1) is 5.12. The van der Waals surface area contributed by atoms with Crippen LogP contribution in [0.25, 0.3) is 0 Å². The van der Waals surface area contributed by atoms with Gasteiger partial charge in [-0.15, -0.1) is 0 Å². The third-order valence-electron chi connectivity index (χ3n) is 1.48. The van der Waals surface area contributed by atoms with E-state index in [1.165, 1.54) is 0 Å². The van der Waals surface area contributed by atoms with E-state index in [0.717, 1.165) is 25.7 Å². The molecular formula is C7H15BrO2S. The van der Waals surface area contributed by atoms with Gasteiger partial charge in [0, 0.05) is 0 Å². The molecule has 0 saturated carbocycles. The van der Waals surface area contributed by atoms with E-state index in [0.29, 0.717) is 5.75 Å². The molecule has 11 heavy (non-hydrogen) atoms. The fourth-order valence-corrected chi connectivity index (χ4v) is 2.24. The number of sulfone groups is 1. The first-order valence-corrected chi connectivity index (χ1v) is 6.83. The van der Waals surface area contributed by atoms with Gasteiger partial charge in [-0.25, -0.2) is 8.42 Å². The van der Waals surface area contributed by atoms with Gasteiger partial charge in [0.05, 0.1) is 5.75 Å². The predicted octanol–water partition coefficient (Wildman–Crippen LogP) is 2.33. The number of hydrogen-bond acceptors (Lipinski definition) is 2. The summed E-state index contributed by atoms with van der Waals surface area (Å²) in [7, 11) is -2.78. The highest BCUT2D eigenvalue weighted by Gasteiger charge is 2.06. The normalized spacial score (nSPS) is 11.8. The Morgan fingerprint density at radius 1 is 1.18 bits per heavy atom. The van der Waals surface area contributed by atoms with Crippen molar-refractivity contribution in [1.82, 2.24) is 0 Å². The summed E-state index contributed by atoms with van der Waals surface area (Å²) in [6.07, 6.45) is 4.12. The lowest BCUT2D eigenvalue weighted by Crippen LogP contribution is -2.06. The molecule has 0 bridgehead atoms. The molecule has 0 aliphatic carbocycles. The van der Waals surface area contributed by atoms with Crippen LogP contribution in [0.3, 0.4) is 0 Å². The maximum atomic E-state index is 10.9. The average Bonchev–Trinajstić information content (AvgIpc) is 1.99. The van der Waals surface area contributed by atoms with Crippen molar-refractivity contribution in [2.45, 2.75) is 32.6 Å². The highest BCUT2D eigenvalue weighted by molar-refractivity contribution is 9.10. The van der Waals surface area contributed by atoms with Crippen LogP contribution in [0.1, 0.15) is 32.6 Å². The minimum Gasteiger partial charge on any atom is -0.228 e. The summed E-state index contributed by atoms with van der Waals surface area (Å²) in [5, 5.41) is 0. The lowest BCUT2D eigenvalue weighted by Gasteiger charge is -1.98. The van der Waals surface area contributed by atoms with E-state index >= 15 is 0 Å². The van der Waals surface area contributed by atoms with Crippen LogP contribution in [-0.2, 0) is 9.84 Å². The highest BCUT2D eigenvalue weighted by Crippen LogP contribution is 2.04. The number of alkyl halides is 1. The zero-order chi connectivity index (χ0) is 8.74. The monoisotopic (exact) mass is 242 g/mol. The fourth-order valence-electron chi connectivity index (χ4n) is 0.803. The molecule has 0 heterocycles. The van der Waals surface area contributed by atoms with E-state index in [9.17, 15) is 8.42 Å². The highest BCUT2D eigenvalue weighted by atomic mass is 79.9. The summed E-state index contributed by atoms with van der Waals surface area (Å²) in [5.41, 5.74) is 0. The molecule has 0 fully saturated rings. The molecule has 0 saturated heterocycles. The lowest BCUT2D eigenvalue weighted by molar-refractivity contribution is 0.594. The SMILES string of the molecule is CCCCCCS(=O)(=O)CBr. The van der Waals surface area contributed by atoms with Crippen LogP contribution in [0, 0.1) is 0 Å². The molecule has 0 atom stereocenters. The van der Waals surface area contributed by atoms with E-state index in [1.54, 1.807) is 0 Å². The number of unbranched alkanes of at least 4 members (excludes halogenated alkanes) is 3. The van der Waals surface area contributed by atoms with Gasteiger partial charge in [0.1, 0.15) is 4.66 Å².